The van der Waals surface area contributed by atoms with Gasteiger partial charge in [-0.1, -0.05) is 37.3 Å². The molecule has 2 atom stereocenters. The fraction of sp³-hybridized carbons (Fsp3) is 0.462. The van der Waals surface area contributed by atoms with E-state index in [-0.39, 0.29) is 17.4 Å². The number of amides is 1. The van der Waals surface area contributed by atoms with Gasteiger partial charge in [-0.15, -0.1) is 0 Å². The van der Waals surface area contributed by atoms with Crippen molar-refractivity contribution in [3.8, 4) is 0 Å². The molecule has 5 nitrogen and oxygen atoms in total. The van der Waals surface area contributed by atoms with Gasteiger partial charge in [0.05, 0.1) is 5.75 Å². The second kappa shape index (κ2) is 6.68. The van der Waals surface area contributed by atoms with E-state index >= 15 is 0 Å². The quantitative estimate of drug-likeness (QED) is 0.801. The molecule has 0 radical (unpaired) electrons. The number of sulfone groups is 1. The Hall–Kier alpha value is -1.40. The Morgan fingerprint density at radius 3 is 2.42 bits per heavy atom. The van der Waals surface area contributed by atoms with Gasteiger partial charge in [0.15, 0.2) is 9.84 Å². The van der Waals surface area contributed by atoms with Crippen LogP contribution in [0.4, 0.5) is 0 Å². The lowest BCUT2D eigenvalue weighted by Gasteiger charge is -2.17. The molecule has 1 rings (SSSR count). The SMILES string of the molecule is CCS(=O)(=O)CC(C)NC(=O)C(N)c1ccccc1. The summed E-state index contributed by atoms with van der Waals surface area (Å²) in [6.45, 7) is 3.24. The third-order valence-corrected chi connectivity index (χ3v) is 4.66. The van der Waals surface area contributed by atoms with E-state index in [0.29, 0.717) is 5.56 Å². The van der Waals surface area contributed by atoms with Gasteiger partial charge in [0.25, 0.3) is 0 Å². The molecule has 0 saturated carbocycles. The van der Waals surface area contributed by atoms with Crippen LogP contribution in [0.3, 0.4) is 0 Å². The van der Waals surface area contributed by atoms with Gasteiger partial charge in [0.2, 0.25) is 5.91 Å². The fourth-order valence-corrected chi connectivity index (χ4v) is 2.77. The topological polar surface area (TPSA) is 89.3 Å². The third-order valence-electron chi connectivity index (χ3n) is 2.77. The van der Waals surface area contributed by atoms with Gasteiger partial charge in [-0.25, -0.2) is 8.42 Å². The molecular weight excluding hydrogens is 264 g/mol. The van der Waals surface area contributed by atoms with Crippen molar-refractivity contribution in [2.75, 3.05) is 11.5 Å². The van der Waals surface area contributed by atoms with Crippen LogP contribution in [0.1, 0.15) is 25.5 Å². The standard InChI is InChI=1S/C13H20N2O3S/c1-3-19(17,18)9-10(2)15-13(16)12(14)11-7-5-4-6-8-11/h4-8,10,12H,3,9,14H2,1-2H3,(H,15,16). The molecule has 0 saturated heterocycles. The number of carbonyl (C=O) groups is 1. The van der Waals surface area contributed by atoms with Crippen LogP contribution in [0.15, 0.2) is 30.3 Å². The van der Waals surface area contributed by atoms with Crippen molar-refractivity contribution >= 4 is 15.7 Å². The summed E-state index contributed by atoms with van der Waals surface area (Å²) in [5.41, 5.74) is 6.52. The maximum Gasteiger partial charge on any atom is 0.241 e. The van der Waals surface area contributed by atoms with Gasteiger partial charge in [0, 0.05) is 11.8 Å². The highest BCUT2D eigenvalue weighted by atomic mass is 32.2. The van der Waals surface area contributed by atoms with Crippen LogP contribution in [0.25, 0.3) is 0 Å². The molecule has 0 aliphatic rings. The highest BCUT2D eigenvalue weighted by Crippen LogP contribution is 2.09. The summed E-state index contributed by atoms with van der Waals surface area (Å²) in [5, 5.41) is 2.63. The van der Waals surface area contributed by atoms with E-state index in [9.17, 15) is 13.2 Å². The van der Waals surface area contributed by atoms with Gasteiger partial charge in [-0.2, -0.15) is 0 Å². The summed E-state index contributed by atoms with van der Waals surface area (Å²) in [7, 11) is -3.11. The Balaban J connectivity index is 2.60. The minimum Gasteiger partial charge on any atom is -0.351 e. The van der Waals surface area contributed by atoms with Gasteiger partial charge < -0.3 is 11.1 Å². The zero-order chi connectivity index (χ0) is 14.5. The second-order valence-electron chi connectivity index (χ2n) is 4.50. The highest BCUT2D eigenvalue weighted by molar-refractivity contribution is 7.91. The van der Waals surface area contributed by atoms with Crippen LogP contribution >= 0.6 is 0 Å². The first-order chi connectivity index (χ1) is 8.85. The Labute approximate surface area is 114 Å². The molecule has 0 aliphatic heterocycles. The van der Waals surface area contributed by atoms with Crippen molar-refractivity contribution in [3.05, 3.63) is 35.9 Å². The first-order valence-corrected chi connectivity index (χ1v) is 7.99. The zero-order valence-electron chi connectivity index (χ0n) is 11.2. The summed E-state index contributed by atoms with van der Waals surface area (Å²) in [5.74, 6) is -0.376. The predicted octanol–water partition coefficient (Wildman–Crippen LogP) is 0.626. The van der Waals surface area contributed by atoms with Crippen molar-refractivity contribution < 1.29 is 13.2 Å². The van der Waals surface area contributed by atoms with Gasteiger partial charge in [-0.3, -0.25) is 4.79 Å². The average Bonchev–Trinajstić information content (AvgIpc) is 2.38. The smallest absolute Gasteiger partial charge is 0.241 e. The molecule has 1 aromatic rings. The molecule has 0 bridgehead atoms. The van der Waals surface area contributed by atoms with E-state index < -0.39 is 21.9 Å². The summed E-state index contributed by atoms with van der Waals surface area (Å²) in [6.07, 6.45) is 0. The Kier molecular flexibility index (Phi) is 5.50. The molecule has 0 aromatic heterocycles. The molecule has 3 N–H and O–H groups in total. The highest BCUT2D eigenvalue weighted by Gasteiger charge is 2.20. The van der Waals surface area contributed by atoms with Crippen molar-refractivity contribution in [1.82, 2.24) is 5.32 Å². The molecule has 0 heterocycles. The Bertz CT molecular complexity index is 514. The first-order valence-electron chi connectivity index (χ1n) is 6.17. The lowest BCUT2D eigenvalue weighted by atomic mass is 10.1. The van der Waals surface area contributed by atoms with Crippen LogP contribution < -0.4 is 11.1 Å². The Morgan fingerprint density at radius 2 is 1.89 bits per heavy atom. The molecule has 6 heteroatoms. The van der Waals surface area contributed by atoms with E-state index in [0.717, 1.165) is 0 Å². The molecule has 0 aliphatic carbocycles. The number of nitrogens with one attached hydrogen (secondary N) is 1. The number of hydrogen-bond donors (Lipinski definition) is 2. The van der Waals surface area contributed by atoms with Gasteiger partial charge in [0.1, 0.15) is 6.04 Å². The van der Waals surface area contributed by atoms with Crippen LogP contribution in [0.5, 0.6) is 0 Å². The minimum atomic E-state index is -3.11. The van der Waals surface area contributed by atoms with E-state index in [1.807, 2.05) is 6.07 Å². The lowest BCUT2D eigenvalue weighted by Crippen LogP contribution is -2.42. The summed E-state index contributed by atoms with van der Waals surface area (Å²) >= 11 is 0. The molecule has 1 amide bonds. The van der Waals surface area contributed by atoms with Crippen LogP contribution in [-0.4, -0.2) is 31.9 Å². The van der Waals surface area contributed by atoms with Crippen LogP contribution in [0.2, 0.25) is 0 Å². The summed E-state index contributed by atoms with van der Waals surface area (Å²) in [6, 6.07) is 7.72. The second-order valence-corrected chi connectivity index (χ2v) is 6.89. The van der Waals surface area contributed by atoms with Crippen molar-refractivity contribution in [3.63, 3.8) is 0 Å². The first kappa shape index (κ1) is 15.7. The third kappa shape index (κ3) is 5.00. The van der Waals surface area contributed by atoms with E-state index in [1.165, 1.54) is 0 Å². The number of carbonyl (C=O) groups excluding carboxylic acids is 1. The maximum absolute atomic E-state index is 11.9. The molecular formula is C13H20N2O3S. The van der Waals surface area contributed by atoms with Crippen molar-refractivity contribution in [2.24, 2.45) is 5.73 Å². The Morgan fingerprint density at radius 1 is 1.32 bits per heavy atom. The van der Waals surface area contributed by atoms with E-state index in [1.54, 1.807) is 38.1 Å². The van der Waals surface area contributed by atoms with E-state index in [4.69, 9.17) is 5.73 Å². The predicted molar refractivity (Wildman–Crippen MR) is 75.3 cm³/mol. The molecule has 19 heavy (non-hydrogen) atoms. The van der Waals surface area contributed by atoms with Crippen molar-refractivity contribution in [2.45, 2.75) is 25.9 Å². The van der Waals surface area contributed by atoms with Gasteiger partial charge in [-0.05, 0) is 12.5 Å². The minimum absolute atomic E-state index is 0.0674. The molecule has 2 unspecified atom stereocenters. The van der Waals surface area contributed by atoms with Crippen molar-refractivity contribution in [1.29, 1.82) is 0 Å². The molecule has 106 valence electrons. The monoisotopic (exact) mass is 284 g/mol. The van der Waals surface area contributed by atoms with E-state index in [2.05, 4.69) is 5.32 Å². The molecule has 0 fully saturated rings. The normalized spacial score (nSPS) is 14.7. The summed E-state index contributed by atoms with van der Waals surface area (Å²) < 4.78 is 22.9. The average molecular weight is 284 g/mol. The largest absolute Gasteiger partial charge is 0.351 e. The number of benzene rings is 1. The number of nitrogens with two attached hydrogens (primary N) is 1. The summed E-state index contributed by atoms with van der Waals surface area (Å²) in [4.78, 5) is 11.9. The number of rotatable bonds is 6. The van der Waals surface area contributed by atoms with Crippen LogP contribution in [-0.2, 0) is 14.6 Å². The van der Waals surface area contributed by atoms with Crippen LogP contribution in [0, 0.1) is 0 Å². The maximum atomic E-state index is 11.9. The number of hydrogen-bond acceptors (Lipinski definition) is 4. The lowest BCUT2D eigenvalue weighted by molar-refractivity contribution is -0.122. The molecule has 1 aromatic carbocycles. The molecule has 0 spiro atoms. The fourth-order valence-electron chi connectivity index (χ4n) is 1.68. The zero-order valence-corrected chi connectivity index (χ0v) is 12.0. The van der Waals surface area contributed by atoms with Gasteiger partial charge >= 0.3 is 0 Å².